The summed E-state index contributed by atoms with van der Waals surface area (Å²) in [6, 6.07) is 7.36. The summed E-state index contributed by atoms with van der Waals surface area (Å²) in [4.78, 5) is 11.8. The van der Waals surface area contributed by atoms with Crippen LogP contribution in [0.3, 0.4) is 0 Å². The first kappa shape index (κ1) is 14.7. The number of benzene rings is 1. The van der Waals surface area contributed by atoms with Crippen LogP contribution in [0, 0.1) is 17.1 Å². The summed E-state index contributed by atoms with van der Waals surface area (Å²) in [5.74, 6) is -0.905. The molecule has 1 rings (SSSR count). The van der Waals surface area contributed by atoms with E-state index in [9.17, 15) is 9.18 Å². The maximum atomic E-state index is 12.7. The summed E-state index contributed by atoms with van der Waals surface area (Å²) in [5, 5.41) is 14.4. The summed E-state index contributed by atoms with van der Waals surface area (Å²) in [5.41, 5.74) is 0.417. The van der Waals surface area contributed by atoms with Crippen molar-refractivity contribution in [1.29, 1.82) is 5.26 Å². The highest BCUT2D eigenvalue weighted by Crippen LogP contribution is 2.09. The lowest BCUT2D eigenvalue weighted by atomic mass is 10.2. The number of anilines is 1. The number of nitrogens with one attached hydrogen (secondary N) is 2. The second kappa shape index (κ2) is 7.17. The highest BCUT2D eigenvalue weighted by Gasteiger charge is 2.09. The summed E-state index contributed by atoms with van der Waals surface area (Å²) >= 11 is 0. The molecule has 0 saturated heterocycles. The maximum Gasteiger partial charge on any atom is 0.267 e. The quantitative estimate of drug-likeness (QED) is 0.632. The average molecular weight is 261 g/mol. The molecule has 1 aromatic carbocycles. The molecule has 100 valence electrons. The van der Waals surface area contributed by atoms with Crippen LogP contribution in [-0.4, -0.2) is 11.9 Å². The Bertz CT molecular complexity index is 502. The van der Waals surface area contributed by atoms with E-state index in [-0.39, 0.29) is 17.4 Å². The largest absolute Gasteiger partial charge is 0.387 e. The van der Waals surface area contributed by atoms with Gasteiger partial charge < -0.3 is 10.6 Å². The Kier molecular flexibility index (Phi) is 5.55. The third-order valence-corrected chi connectivity index (χ3v) is 2.59. The number of rotatable bonds is 5. The zero-order valence-corrected chi connectivity index (χ0v) is 10.9. The van der Waals surface area contributed by atoms with Gasteiger partial charge in [-0.2, -0.15) is 5.26 Å². The molecule has 0 spiro atoms. The van der Waals surface area contributed by atoms with Crippen molar-refractivity contribution in [3.05, 3.63) is 41.9 Å². The van der Waals surface area contributed by atoms with Gasteiger partial charge in [-0.05, 0) is 37.6 Å². The van der Waals surface area contributed by atoms with Gasteiger partial charge in [0, 0.05) is 17.9 Å². The molecular weight excluding hydrogens is 245 g/mol. The second-order valence-corrected chi connectivity index (χ2v) is 4.11. The third-order valence-electron chi connectivity index (χ3n) is 2.59. The molecule has 4 nitrogen and oxygen atoms in total. The van der Waals surface area contributed by atoms with E-state index in [1.807, 2.05) is 19.9 Å². The van der Waals surface area contributed by atoms with Crippen molar-refractivity contribution in [3.63, 3.8) is 0 Å². The molecule has 0 bridgehead atoms. The van der Waals surface area contributed by atoms with Crippen molar-refractivity contribution >= 4 is 11.6 Å². The molecule has 0 aliphatic carbocycles. The minimum atomic E-state index is -0.523. The van der Waals surface area contributed by atoms with Gasteiger partial charge in [0.15, 0.2) is 0 Å². The van der Waals surface area contributed by atoms with E-state index in [0.29, 0.717) is 5.69 Å². The van der Waals surface area contributed by atoms with Crippen molar-refractivity contribution in [1.82, 2.24) is 5.32 Å². The number of hydrogen-bond acceptors (Lipinski definition) is 3. The fourth-order valence-corrected chi connectivity index (χ4v) is 1.22. The van der Waals surface area contributed by atoms with Gasteiger partial charge in [0.2, 0.25) is 0 Å². The van der Waals surface area contributed by atoms with Gasteiger partial charge in [0.25, 0.3) is 5.91 Å². The number of halogens is 1. The van der Waals surface area contributed by atoms with E-state index in [1.54, 1.807) is 0 Å². The Morgan fingerprint density at radius 3 is 2.63 bits per heavy atom. The lowest BCUT2D eigenvalue weighted by molar-refractivity contribution is -0.112. The Balaban J connectivity index is 2.69. The van der Waals surface area contributed by atoms with Gasteiger partial charge in [0.05, 0.1) is 0 Å². The first-order valence-electron chi connectivity index (χ1n) is 6.00. The molecule has 1 aromatic rings. The molecule has 19 heavy (non-hydrogen) atoms. The van der Waals surface area contributed by atoms with Crippen molar-refractivity contribution in [2.45, 2.75) is 26.3 Å². The van der Waals surface area contributed by atoms with Crippen molar-refractivity contribution in [3.8, 4) is 6.07 Å². The Morgan fingerprint density at radius 2 is 2.11 bits per heavy atom. The fraction of sp³-hybridized carbons (Fsp3) is 0.286. The molecule has 0 aromatic heterocycles. The molecule has 2 N–H and O–H groups in total. The molecule has 0 heterocycles. The minimum Gasteiger partial charge on any atom is -0.387 e. The van der Waals surface area contributed by atoms with E-state index in [0.717, 1.165) is 6.42 Å². The van der Waals surface area contributed by atoms with Crippen LogP contribution < -0.4 is 10.6 Å². The number of nitrogens with zero attached hydrogens (tertiary/aromatic N) is 1. The Labute approximate surface area is 111 Å². The molecule has 0 radical (unpaired) electrons. The number of amides is 1. The van der Waals surface area contributed by atoms with E-state index in [4.69, 9.17) is 5.26 Å². The fourth-order valence-electron chi connectivity index (χ4n) is 1.22. The SMILES string of the molecule is CCC(C)N/C=C(/C#N)C(=O)Nc1ccc(F)cc1. The Hall–Kier alpha value is -2.35. The first-order valence-corrected chi connectivity index (χ1v) is 6.00. The first-order chi connectivity index (χ1) is 9.06. The highest BCUT2D eigenvalue weighted by molar-refractivity contribution is 6.06. The van der Waals surface area contributed by atoms with E-state index in [2.05, 4.69) is 10.6 Å². The van der Waals surface area contributed by atoms with E-state index < -0.39 is 5.91 Å². The van der Waals surface area contributed by atoms with Crippen molar-refractivity contribution in [2.75, 3.05) is 5.32 Å². The molecule has 1 atom stereocenters. The zero-order valence-electron chi connectivity index (χ0n) is 10.9. The summed E-state index contributed by atoms with van der Waals surface area (Å²) < 4.78 is 12.7. The molecule has 1 amide bonds. The monoisotopic (exact) mass is 261 g/mol. The van der Waals surface area contributed by atoms with Gasteiger partial charge in [0.1, 0.15) is 17.5 Å². The third kappa shape index (κ3) is 4.80. The number of carbonyl (C=O) groups excluding carboxylic acids is 1. The minimum absolute atomic E-state index is 0.0235. The second-order valence-electron chi connectivity index (χ2n) is 4.11. The van der Waals surface area contributed by atoms with Crippen LogP contribution in [0.4, 0.5) is 10.1 Å². The van der Waals surface area contributed by atoms with Crippen LogP contribution in [0.2, 0.25) is 0 Å². The topological polar surface area (TPSA) is 64.9 Å². The summed E-state index contributed by atoms with van der Waals surface area (Å²) in [6.45, 7) is 3.94. The van der Waals surface area contributed by atoms with Gasteiger partial charge in [-0.3, -0.25) is 4.79 Å². The molecule has 0 aliphatic heterocycles. The van der Waals surface area contributed by atoms with Crippen LogP contribution in [-0.2, 0) is 4.79 Å². The van der Waals surface area contributed by atoms with Crippen LogP contribution in [0.1, 0.15) is 20.3 Å². The standard InChI is InChI=1S/C14H16FN3O/c1-3-10(2)17-9-11(8-16)14(19)18-13-6-4-12(15)5-7-13/h4-7,9-10,17H,3H2,1-2H3,(H,18,19)/b11-9-. The van der Waals surface area contributed by atoms with Crippen LogP contribution in [0.15, 0.2) is 36.0 Å². The molecular formula is C14H16FN3O. The molecule has 5 heteroatoms. The van der Waals surface area contributed by atoms with Gasteiger partial charge in [-0.15, -0.1) is 0 Å². The lowest BCUT2D eigenvalue weighted by Crippen LogP contribution is -2.22. The average Bonchev–Trinajstić information content (AvgIpc) is 2.41. The summed E-state index contributed by atoms with van der Waals surface area (Å²) in [7, 11) is 0. The van der Waals surface area contributed by atoms with E-state index in [1.165, 1.54) is 30.5 Å². The zero-order chi connectivity index (χ0) is 14.3. The predicted octanol–water partition coefficient (Wildman–Crippen LogP) is 2.56. The van der Waals surface area contributed by atoms with Crippen LogP contribution in [0.25, 0.3) is 0 Å². The number of carbonyl (C=O) groups is 1. The van der Waals surface area contributed by atoms with Gasteiger partial charge in [-0.1, -0.05) is 6.92 Å². The lowest BCUT2D eigenvalue weighted by Gasteiger charge is -2.09. The van der Waals surface area contributed by atoms with Crippen LogP contribution in [0.5, 0.6) is 0 Å². The molecule has 0 fully saturated rings. The smallest absolute Gasteiger partial charge is 0.267 e. The molecule has 1 unspecified atom stereocenters. The normalized spacial score (nSPS) is 12.4. The highest BCUT2D eigenvalue weighted by atomic mass is 19.1. The Morgan fingerprint density at radius 1 is 1.47 bits per heavy atom. The van der Waals surface area contributed by atoms with Crippen molar-refractivity contribution < 1.29 is 9.18 Å². The molecule has 0 aliphatic rings. The van der Waals surface area contributed by atoms with E-state index >= 15 is 0 Å². The van der Waals surface area contributed by atoms with Crippen molar-refractivity contribution in [2.24, 2.45) is 0 Å². The van der Waals surface area contributed by atoms with Crippen LogP contribution >= 0.6 is 0 Å². The number of nitriles is 1. The predicted molar refractivity (Wildman–Crippen MR) is 71.6 cm³/mol. The summed E-state index contributed by atoms with van der Waals surface area (Å²) in [6.07, 6.45) is 2.28. The maximum absolute atomic E-state index is 12.7. The van der Waals surface area contributed by atoms with Gasteiger partial charge >= 0.3 is 0 Å². The molecule has 0 saturated carbocycles. The number of hydrogen-bond donors (Lipinski definition) is 2. The van der Waals surface area contributed by atoms with Gasteiger partial charge in [-0.25, -0.2) is 4.39 Å².